The second-order valence-corrected chi connectivity index (χ2v) is 10.3. The van der Waals surface area contributed by atoms with Crippen LogP contribution in [0.15, 0.2) is 0 Å². The molecular weight excluding hydrogens is 276 g/mol. The maximum atomic E-state index is 2.24. The predicted octanol–water partition coefficient (Wildman–Crippen LogP) is 3.57. The lowest BCUT2D eigenvalue weighted by Gasteiger charge is -2.08. The van der Waals surface area contributed by atoms with E-state index in [9.17, 15) is 0 Å². The van der Waals surface area contributed by atoms with Crippen LogP contribution in [0, 0.1) is 0 Å². The smallest absolute Gasteiger partial charge is 0.00575 e. The van der Waals surface area contributed by atoms with Gasteiger partial charge in [-0.15, -0.1) is 0 Å². The summed E-state index contributed by atoms with van der Waals surface area (Å²) in [6.45, 7) is 2.41. The molecule has 0 radical (unpaired) electrons. The van der Waals surface area contributed by atoms with Crippen LogP contribution in [-0.4, -0.2) is 62.6 Å². The van der Waals surface area contributed by atoms with E-state index in [-0.39, 0.29) is 0 Å². The zero-order valence-electron chi connectivity index (χ0n) is 10.8. The summed E-state index contributed by atoms with van der Waals surface area (Å²) in [5.74, 6) is 2.52. The van der Waals surface area contributed by atoms with E-state index in [1.165, 1.54) is 37.4 Å². The predicted molar refractivity (Wildman–Crippen MR) is 86.4 cm³/mol. The van der Waals surface area contributed by atoms with E-state index < -0.39 is 0 Å². The lowest BCUT2D eigenvalue weighted by atomic mass is 10.5. The standard InChI is InChI=1S/C10H24N2S4/c1-11(2)7-5-9-13-15-16-14-10-6-8-12(3)4/h5-10H2,1-4H3. The van der Waals surface area contributed by atoms with Gasteiger partial charge in [-0.1, -0.05) is 21.6 Å². The Morgan fingerprint density at radius 2 is 1.06 bits per heavy atom. The van der Waals surface area contributed by atoms with Crippen LogP contribution in [0.3, 0.4) is 0 Å². The van der Waals surface area contributed by atoms with Crippen LogP contribution in [0.5, 0.6) is 0 Å². The van der Waals surface area contributed by atoms with Crippen molar-refractivity contribution in [3.8, 4) is 0 Å². The molecule has 2 nitrogen and oxygen atoms in total. The molecule has 0 aliphatic carbocycles. The van der Waals surface area contributed by atoms with Crippen LogP contribution >= 0.6 is 41.2 Å². The molecule has 0 amide bonds. The molecule has 98 valence electrons. The highest BCUT2D eigenvalue weighted by molar-refractivity contribution is 9.26. The molecule has 0 saturated carbocycles. The Bertz CT molecular complexity index is 129. The van der Waals surface area contributed by atoms with Crippen LogP contribution in [0.25, 0.3) is 0 Å². The van der Waals surface area contributed by atoms with Gasteiger partial charge in [0.15, 0.2) is 0 Å². The summed E-state index contributed by atoms with van der Waals surface area (Å²) in [5.41, 5.74) is 0. The molecule has 0 aromatic rings. The van der Waals surface area contributed by atoms with Gasteiger partial charge in [-0.25, -0.2) is 0 Å². The van der Waals surface area contributed by atoms with Gasteiger partial charge in [0, 0.05) is 11.5 Å². The fourth-order valence-corrected chi connectivity index (χ4v) is 7.10. The summed E-state index contributed by atoms with van der Waals surface area (Å²) in [6.07, 6.45) is 2.58. The molecule has 0 aliphatic rings. The van der Waals surface area contributed by atoms with E-state index in [0.717, 1.165) is 0 Å². The molecule has 0 unspecified atom stereocenters. The summed E-state index contributed by atoms with van der Waals surface area (Å²) >= 11 is 0. The number of hydrogen-bond acceptors (Lipinski definition) is 6. The van der Waals surface area contributed by atoms with Crippen molar-refractivity contribution in [1.82, 2.24) is 9.80 Å². The van der Waals surface area contributed by atoms with Gasteiger partial charge in [-0.05, 0) is 73.8 Å². The zero-order chi connectivity index (χ0) is 12.2. The van der Waals surface area contributed by atoms with E-state index in [1.807, 2.05) is 41.2 Å². The molecule has 0 aromatic heterocycles. The molecule has 0 aromatic carbocycles. The largest absolute Gasteiger partial charge is 0.309 e. The Hall–Kier alpha value is 1.32. The van der Waals surface area contributed by atoms with E-state index in [2.05, 4.69) is 38.0 Å². The molecule has 0 spiro atoms. The lowest BCUT2D eigenvalue weighted by molar-refractivity contribution is 0.410. The minimum atomic E-state index is 1.20. The van der Waals surface area contributed by atoms with Crippen molar-refractivity contribution in [2.45, 2.75) is 12.8 Å². The van der Waals surface area contributed by atoms with Gasteiger partial charge in [0.2, 0.25) is 0 Å². The topological polar surface area (TPSA) is 6.48 Å². The monoisotopic (exact) mass is 300 g/mol. The van der Waals surface area contributed by atoms with Gasteiger partial charge in [0.25, 0.3) is 0 Å². The highest BCUT2D eigenvalue weighted by atomic mass is 33.7. The van der Waals surface area contributed by atoms with Gasteiger partial charge in [-0.3, -0.25) is 0 Å². The second kappa shape index (κ2) is 12.8. The number of nitrogens with zero attached hydrogens (tertiary/aromatic N) is 2. The first kappa shape index (κ1) is 17.3. The average molecular weight is 301 g/mol. The van der Waals surface area contributed by atoms with Gasteiger partial charge < -0.3 is 9.80 Å². The summed E-state index contributed by atoms with van der Waals surface area (Å²) in [5, 5.41) is 0. The highest BCUT2D eigenvalue weighted by Gasteiger charge is 1.95. The first-order valence-electron chi connectivity index (χ1n) is 5.50. The van der Waals surface area contributed by atoms with Crippen LogP contribution in [0.4, 0.5) is 0 Å². The quantitative estimate of drug-likeness (QED) is 0.422. The van der Waals surface area contributed by atoms with Gasteiger partial charge >= 0.3 is 0 Å². The maximum Gasteiger partial charge on any atom is 0.00575 e. The summed E-state index contributed by atoms with van der Waals surface area (Å²) < 4.78 is 0. The molecule has 0 fully saturated rings. The van der Waals surface area contributed by atoms with Crippen molar-refractivity contribution >= 4 is 41.2 Å². The van der Waals surface area contributed by atoms with Crippen molar-refractivity contribution < 1.29 is 0 Å². The van der Waals surface area contributed by atoms with Crippen molar-refractivity contribution in [2.24, 2.45) is 0 Å². The minimum Gasteiger partial charge on any atom is -0.309 e. The maximum absolute atomic E-state index is 2.24. The normalized spacial score (nSPS) is 11.6. The van der Waals surface area contributed by atoms with E-state index in [4.69, 9.17) is 0 Å². The molecule has 0 saturated heterocycles. The summed E-state index contributed by atoms with van der Waals surface area (Å²) in [7, 11) is 16.3. The van der Waals surface area contributed by atoms with E-state index in [0.29, 0.717) is 0 Å². The van der Waals surface area contributed by atoms with Crippen LogP contribution < -0.4 is 0 Å². The SMILES string of the molecule is CN(C)CCCSSSSCCCN(C)C. The minimum absolute atomic E-state index is 1.20. The molecule has 0 aliphatic heterocycles. The van der Waals surface area contributed by atoms with Crippen molar-refractivity contribution in [1.29, 1.82) is 0 Å². The Kier molecular flexibility index (Phi) is 13.8. The lowest BCUT2D eigenvalue weighted by Crippen LogP contribution is -2.13. The molecule has 6 heteroatoms. The van der Waals surface area contributed by atoms with Crippen molar-refractivity contribution in [3.05, 3.63) is 0 Å². The van der Waals surface area contributed by atoms with Crippen molar-refractivity contribution in [3.63, 3.8) is 0 Å². The number of hydrogen-bond donors (Lipinski definition) is 0. The molecule has 0 heterocycles. The fraction of sp³-hybridized carbons (Fsp3) is 1.00. The molecule has 0 atom stereocenters. The fourth-order valence-electron chi connectivity index (χ4n) is 0.987. The van der Waals surface area contributed by atoms with Gasteiger partial charge in [0.1, 0.15) is 0 Å². The summed E-state index contributed by atoms with van der Waals surface area (Å²) in [6, 6.07) is 0. The van der Waals surface area contributed by atoms with Gasteiger partial charge in [-0.2, -0.15) is 0 Å². The molecular formula is C10H24N2S4. The van der Waals surface area contributed by atoms with E-state index in [1.54, 1.807) is 0 Å². The van der Waals surface area contributed by atoms with E-state index >= 15 is 0 Å². The number of rotatable bonds is 11. The molecule has 0 bridgehead atoms. The Morgan fingerprint density at radius 3 is 1.38 bits per heavy atom. The van der Waals surface area contributed by atoms with Crippen molar-refractivity contribution in [2.75, 3.05) is 52.8 Å². The Balaban J connectivity index is 2.93. The third-order valence-electron chi connectivity index (χ3n) is 1.79. The first-order valence-corrected chi connectivity index (χ1v) is 10.7. The molecule has 16 heavy (non-hydrogen) atoms. The van der Waals surface area contributed by atoms with Crippen LogP contribution in [0.2, 0.25) is 0 Å². The molecule has 0 N–H and O–H groups in total. The third-order valence-corrected chi connectivity index (χ3v) is 8.42. The first-order chi connectivity index (χ1) is 7.63. The summed E-state index contributed by atoms with van der Waals surface area (Å²) in [4.78, 5) is 4.49. The second-order valence-electron chi connectivity index (χ2n) is 4.09. The zero-order valence-corrected chi connectivity index (χ0v) is 14.0. The van der Waals surface area contributed by atoms with Crippen LogP contribution in [-0.2, 0) is 0 Å². The molecule has 0 rings (SSSR count). The Morgan fingerprint density at radius 1 is 0.688 bits per heavy atom. The highest BCUT2D eigenvalue weighted by Crippen LogP contribution is 2.43. The Labute approximate surface area is 116 Å². The van der Waals surface area contributed by atoms with Gasteiger partial charge in [0.05, 0.1) is 0 Å². The van der Waals surface area contributed by atoms with Crippen LogP contribution in [0.1, 0.15) is 12.8 Å². The third kappa shape index (κ3) is 15.3. The average Bonchev–Trinajstić information content (AvgIpc) is 2.20.